The molecule has 6 nitrogen and oxygen atoms in total. The third kappa shape index (κ3) is 3.57. The van der Waals surface area contributed by atoms with Gasteiger partial charge in [0, 0.05) is 24.2 Å². The first-order chi connectivity index (χ1) is 16.5. The smallest absolute Gasteiger partial charge is 0.323 e. The van der Waals surface area contributed by atoms with E-state index in [1.54, 1.807) is 0 Å². The molecule has 0 saturated carbocycles. The van der Waals surface area contributed by atoms with Crippen LogP contribution in [-0.2, 0) is 24.2 Å². The number of fused-ring (bicyclic) bond motifs is 2. The van der Waals surface area contributed by atoms with Crippen LogP contribution in [0.5, 0.6) is 0 Å². The lowest BCUT2D eigenvalue weighted by Crippen LogP contribution is -2.54. The van der Waals surface area contributed by atoms with Gasteiger partial charge in [-0.2, -0.15) is 0 Å². The number of aromatic nitrogens is 1. The number of benzene rings is 2. The first kappa shape index (κ1) is 21.3. The Morgan fingerprint density at radius 3 is 2.47 bits per heavy atom. The molecule has 174 valence electrons. The summed E-state index contributed by atoms with van der Waals surface area (Å²) in [4.78, 5) is 35.0. The molecule has 1 atom stereocenters. The van der Waals surface area contributed by atoms with Gasteiger partial charge in [0.05, 0.1) is 5.52 Å². The maximum atomic E-state index is 13.6. The van der Waals surface area contributed by atoms with E-state index in [0.29, 0.717) is 0 Å². The number of hydrogen-bond acceptors (Lipinski definition) is 4. The number of hydrogen-bond donors (Lipinski definition) is 1. The topological polar surface area (TPSA) is 65.5 Å². The van der Waals surface area contributed by atoms with Gasteiger partial charge >= 0.3 is 6.03 Å². The van der Waals surface area contributed by atoms with Crippen LogP contribution in [0.2, 0.25) is 0 Å². The molecule has 3 heterocycles. The number of imide groups is 1. The van der Waals surface area contributed by atoms with Crippen molar-refractivity contribution >= 4 is 22.8 Å². The lowest BCUT2D eigenvalue weighted by Gasteiger charge is -2.39. The monoisotopic (exact) mass is 454 g/mol. The second-order valence-electron chi connectivity index (χ2n) is 10.2. The quantitative estimate of drug-likeness (QED) is 0.607. The number of nitrogens with zero attached hydrogens (tertiary/aromatic N) is 3. The fraction of sp³-hybridized carbons (Fsp3) is 0.393. The normalized spacial score (nSPS) is 24.1. The highest BCUT2D eigenvalue weighted by molar-refractivity contribution is 6.07. The molecule has 2 aliphatic heterocycles. The van der Waals surface area contributed by atoms with Crippen LogP contribution in [0.1, 0.15) is 36.5 Å². The molecular formula is C28H30N4O2. The van der Waals surface area contributed by atoms with Gasteiger partial charge in [-0.1, -0.05) is 42.5 Å². The van der Waals surface area contributed by atoms with Gasteiger partial charge in [0.1, 0.15) is 5.54 Å². The Morgan fingerprint density at radius 1 is 1.00 bits per heavy atom. The Labute approximate surface area is 200 Å². The highest BCUT2D eigenvalue weighted by atomic mass is 16.2. The first-order valence-corrected chi connectivity index (χ1v) is 12.3. The molecule has 2 saturated heterocycles. The molecule has 0 unspecified atom stereocenters. The van der Waals surface area contributed by atoms with Crippen molar-refractivity contribution in [1.82, 2.24) is 20.1 Å². The molecule has 1 aromatic heterocycles. The average molecular weight is 455 g/mol. The van der Waals surface area contributed by atoms with Crippen LogP contribution < -0.4 is 5.32 Å². The average Bonchev–Trinajstić information content (AvgIpc) is 3.37. The summed E-state index contributed by atoms with van der Waals surface area (Å²) in [7, 11) is 0. The maximum Gasteiger partial charge on any atom is 0.325 e. The summed E-state index contributed by atoms with van der Waals surface area (Å²) < 4.78 is 0. The van der Waals surface area contributed by atoms with Gasteiger partial charge in [0.15, 0.2) is 0 Å². The number of piperidine rings is 1. The summed E-state index contributed by atoms with van der Waals surface area (Å²) >= 11 is 0. The van der Waals surface area contributed by atoms with Crippen molar-refractivity contribution in [3.8, 4) is 0 Å². The summed E-state index contributed by atoms with van der Waals surface area (Å²) in [6, 6.07) is 18.5. The minimum atomic E-state index is -0.815. The highest BCUT2D eigenvalue weighted by Crippen LogP contribution is 2.37. The van der Waals surface area contributed by atoms with Crippen molar-refractivity contribution < 1.29 is 9.59 Å². The van der Waals surface area contributed by atoms with E-state index in [1.807, 2.05) is 31.3 Å². The van der Waals surface area contributed by atoms with Crippen molar-refractivity contribution in [3.05, 3.63) is 77.5 Å². The van der Waals surface area contributed by atoms with Gasteiger partial charge in [0.2, 0.25) is 0 Å². The summed E-state index contributed by atoms with van der Waals surface area (Å²) in [5, 5.41) is 4.25. The van der Waals surface area contributed by atoms with E-state index >= 15 is 0 Å². The van der Waals surface area contributed by atoms with E-state index in [1.165, 1.54) is 21.6 Å². The second-order valence-corrected chi connectivity index (χ2v) is 10.2. The third-order valence-electron chi connectivity index (χ3n) is 8.12. The lowest BCUT2D eigenvalue weighted by atomic mass is 9.78. The number of nitrogens with one attached hydrogen (secondary N) is 1. The molecule has 34 heavy (non-hydrogen) atoms. The summed E-state index contributed by atoms with van der Waals surface area (Å²) in [5.74, 6) is 0.0987. The van der Waals surface area contributed by atoms with Gasteiger partial charge in [-0.15, -0.1) is 0 Å². The van der Waals surface area contributed by atoms with Crippen molar-refractivity contribution in [2.75, 3.05) is 13.1 Å². The molecule has 0 radical (unpaired) electrons. The van der Waals surface area contributed by atoms with Crippen LogP contribution in [0.25, 0.3) is 10.9 Å². The molecule has 3 aromatic rings. The zero-order valence-electron chi connectivity index (χ0n) is 19.5. The molecule has 2 aromatic carbocycles. The van der Waals surface area contributed by atoms with Crippen molar-refractivity contribution in [3.63, 3.8) is 0 Å². The lowest BCUT2D eigenvalue weighted by molar-refractivity contribution is -0.134. The summed E-state index contributed by atoms with van der Waals surface area (Å²) in [5.41, 5.74) is 3.96. The van der Waals surface area contributed by atoms with Crippen LogP contribution in [0, 0.1) is 5.92 Å². The van der Waals surface area contributed by atoms with E-state index in [0.717, 1.165) is 56.2 Å². The largest absolute Gasteiger partial charge is 0.325 e. The minimum absolute atomic E-state index is 0.0469. The highest BCUT2D eigenvalue weighted by Gasteiger charge is 2.55. The Kier molecular flexibility index (Phi) is 5.14. The fourth-order valence-electron chi connectivity index (χ4n) is 6.14. The molecular weight excluding hydrogens is 424 g/mol. The van der Waals surface area contributed by atoms with Crippen LogP contribution in [0.15, 0.2) is 60.8 Å². The van der Waals surface area contributed by atoms with E-state index in [-0.39, 0.29) is 23.9 Å². The zero-order valence-corrected chi connectivity index (χ0v) is 19.5. The van der Waals surface area contributed by atoms with Gasteiger partial charge in [-0.05, 0) is 80.4 Å². The van der Waals surface area contributed by atoms with Gasteiger partial charge < -0.3 is 5.32 Å². The van der Waals surface area contributed by atoms with E-state index in [4.69, 9.17) is 0 Å². The Morgan fingerprint density at radius 2 is 1.74 bits per heavy atom. The summed E-state index contributed by atoms with van der Waals surface area (Å²) in [6.07, 6.45) is 5.13. The molecule has 0 spiro atoms. The maximum absolute atomic E-state index is 13.6. The number of likely N-dealkylation sites (tertiary alicyclic amines) is 1. The van der Waals surface area contributed by atoms with Crippen molar-refractivity contribution in [1.29, 1.82) is 0 Å². The van der Waals surface area contributed by atoms with Crippen LogP contribution in [-0.4, -0.2) is 51.4 Å². The number of rotatable bonds is 4. The summed E-state index contributed by atoms with van der Waals surface area (Å²) in [6.45, 7) is 4.64. The Balaban J connectivity index is 1.11. The van der Waals surface area contributed by atoms with Crippen LogP contribution in [0.4, 0.5) is 4.79 Å². The number of carbonyl (C=O) groups is 2. The standard InChI is InChI=1S/C28H30N4O2/c1-28(26(33)32(27(34)30-28)24-16-21-5-2-3-6-22(21)17-24)23-10-13-31(14-11-23)18-19-8-9-20-7-4-12-29-25(20)15-19/h2-9,12,15,23-24H,10-11,13-14,16-18H2,1H3,(H,30,34)/t28-/m0/s1. The Hall–Kier alpha value is -3.25. The van der Waals surface area contributed by atoms with E-state index < -0.39 is 5.54 Å². The molecule has 1 N–H and O–H groups in total. The molecule has 3 amide bonds. The minimum Gasteiger partial charge on any atom is -0.323 e. The molecule has 0 bridgehead atoms. The first-order valence-electron chi connectivity index (χ1n) is 12.3. The fourth-order valence-corrected chi connectivity index (χ4v) is 6.14. The predicted molar refractivity (Wildman–Crippen MR) is 131 cm³/mol. The SMILES string of the molecule is C[C@@]1(C2CCN(Cc3ccc4cccnc4c3)CC2)NC(=O)N(C2Cc3ccccc3C2)C1=O. The second kappa shape index (κ2) is 8.20. The third-order valence-corrected chi connectivity index (χ3v) is 8.12. The predicted octanol–water partition coefficient (Wildman–Crippen LogP) is 3.92. The van der Waals surface area contributed by atoms with Gasteiger partial charge in [-0.3, -0.25) is 19.6 Å². The molecule has 2 fully saturated rings. The molecule has 1 aliphatic carbocycles. The molecule has 3 aliphatic rings. The zero-order chi connectivity index (χ0) is 23.3. The van der Waals surface area contributed by atoms with Crippen molar-refractivity contribution in [2.45, 2.75) is 50.7 Å². The number of pyridine rings is 1. The molecule has 6 heteroatoms. The van der Waals surface area contributed by atoms with E-state index in [2.05, 4.69) is 51.6 Å². The van der Waals surface area contributed by atoms with Crippen LogP contribution in [0.3, 0.4) is 0 Å². The number of urea groups is 1. The van der Waals surface area contributed by atoms with E-state index in [9.17, 15) is 9.59 Å². The molecule has 6 rings (SSSR count). The van der Waals surface area contributed by atoms with Gasteiger partial charge in [0.25, 0.3) is 5.91 Å². The Bertz CT molecular complexity index is 1240. The van der Waals surface area contributed by atoms with Gasteiger partial charge in [-0.25, -0.2) is 4.79 Å². The number of carbonyl (C=O) groups excluding carboxylic acids is 2. The number of amides is 3. The van der Waals surface area contributed by atoms with Crippen LogP contribution >= 0.6 is 0 Å². The van der Waals surface area contributed by atoms with Crippen molar-refractivity contribution in [2.24, 2.45) is 5.92 Å².